The van der Waals surface area contributed by atoms with Crippen LogP contribution in [0.3, 0.4) is 0 Å². The summed E-state index contributed by atoms with van der Waals surface area (Å²) in [5.74, 6) is 0. The molecule has 1 aromatic carbocycles. The van der Waals surface area contributed by atoms with E-state index in [1.54, 1.807) is 0 Å². The molecule has 4 rings (SSSR count). The van der Waals surface area contributed by atoms with E-state index in [1.165, 1.54) is 27.6 Å². The number of hydrogen-bond donors (Lipinski definition) is 0. The number of fused-ring (bicyclic) bond motifs is 3. The standard InChI is InChI=1S/C15H11N/c1-2-6-11-10(5-1)9-13-12-7-3-4-8-14(12)16-15(11)13/h2-4,6-9H,1,5H2. The lowest BCUT2D eigenvalue weighted by atomic mass is 9.98. The Labute approximate surface area is 93.8 Å². The Kier molecular flexibility index (Phi) is 1.46. The second kappa shape index (κ2) is 2.82. The van der Waals surface area contributed by atoms with E-state index < -0.39 is 0 Å². The Hall–Kier alpha value is -1.89. The molecule has 0 N–H and O–H groups in total. The van der Waals surface area contributed by atoms with Crippen LogP contribution < -0.4 is 10.6 Å². The highest BCUT2D eigenvalue weighted by Crippen LogP contribution is 2.38. The maximum absolute atomic E-state index is 4.74. The molecule has 0 bridgehead atoms. The van der Waals surface area contributed by atoms with E-state index >= 15 is 0 Å². The monoisotopic (exact) mass is 205 g/mol. The summed E-state index contributed by atoms with van der Waals surface area (Å²) < 4.78 is 0. The van der Waals surface area contributed by atoms with Gasteiger partial charge in [-0.2, -0.15) is 0 Å². The Morgan fingerprint density at radius 1 is 1.06 bits per heavy atom. The lowest BCUT2D eigenvalue weighted by Gasteiger charge is -2.08. The fourth-order valence-electron chi connectivity index (χ4n) is 2.70. The van der Waals surface area contributed by atoms with E-state index in [9.17, 15) is 0 Å². The van der Waals surface area contributed by atoms with Gasteiger partial charge in [-0.3, -0.25) is 0 Å². The molecule has 2 aliphatic carbocycles. The molecule has 0 unspecified atom stereocenters. The molecule has 76 valence electrons. The van der Waals surface area contributed by atoms with Crippen molar-refractivity contribution in [1.82, 2.24) is 0 Å². The molecule has 1 heteroatoms. The minimum atomic E-state index is 1.12. The average Bonchev–Trinajstić information content (AvgIpc) is 2.85. The Morgan fingerprint density at radius 3 is 3.00 bits per heavy atom. The highest BCUT2D eigenvalue weighted by molar-refractivity contribution is 5.84. The molecule has 0 amide bonds. The summed E-state index contributed by atoms with van der Waals surface area (Å²) in [6.07, 6.45) is 9.13. The first-order valence-electron chi connectivity index (χ1n) is 5.74. The quantitative estimate of drug-likeness (QED) is 0.614. The van der Waals surface area contributed by atoms with E-state index in [0.717, 1.165) is 18.2 Å². The van der Waals surface area contributed by atoms with Crippen molar-refractivity contribution >= 4 is 5.57 Å². The zero-order valence-electron chi connectivity index (χ0n) is 8.90. The van der Waals surface area contributed by atoms with Gasteiger partial charge in [0.25, 0.3) is 0 Å². The van der Waals surface area contributed by atoms with E-state index in [-0.39, 0.29) is 0 Å². The zero-order valence-corrected chi connectivity index (χ0v) is 8.90. The van der Waals surface area contributed by atoms with Gasteiger partial charge in [0.05, 0.1) is 11.1 Å². The van der Waals surface area contributed by atoms with Crippen molar-refractivity contribution in [2.75, 3.05) is 0 Å². The first kappa shape index (κ1) is 8.28. The normalized spacial score (nSPS) is 20.2. The van der Waals surface area contributed by atoms with Crippen molar-refractivity contribution < 1.29 is 0 Å². The first-order chi connectivity index (χ1) is 7.93. The van der Waals surface area contributed by atoms with Gasteiger partial charge in [-0.15, -0.1) is 0 Å². The van der Waals surface area contributed by atoms with Crippen LogP contribution in [0.2, 0.25) is 0 Å². The second-order valence-corrected chi connectivity index (χ2v) is 4.42. The molecule has 1 nitrogen and oxygen atoms in total. The second-order valence-electron chi connectivity index (χ2n) is 4.42. The van der Waals surface area contributed by atoms with Gasteiger partial charge in [0, 0.05) is 16.4 Å². The van der Waals surface area contributed by atoms with Crippen LogP contribution in [-0.4, -0.2) is 0 Å². The van der Waals surface area contributed by atoms with Crippen LogP contribution in [0, 0.1) is 0 Å². The molecule has 0 spiro atoms. The van der Waals surface area contributed by atoms with E-state index in [2.05, 4.69) is 42.5 Å². The Balaban J connectivity index is 2.15. The van der Waals surface area contributed by atoms with Gasteiger partial charge in [0.2, 0.25) is 0 Å². The van der Waals surface area contributed by atoms with Crippen LogP contribution >= 0.6 is 0 Å². The number of para-hydroxylation sites is 1. The predicted octanol–water partition coefficient (Wildman–Crippen LogP) is 2.01. The number of nitrogens with zero attached hydrogens (tertiary/aromatic N) is 1. The van der Waals surface area contributed by atoms with Crippen LogP contribution in [0.15, 0.2) is 64.3 Å². The largest absolute Gasteiger partial charge is 0.247 e. The van der Waals surface area contributed by atoms with Crippen molar-refractivity contribution in [1.29, 1.82) is 0 Å². The van der Waals surface area contributed by atoms with E-state index in [4.69, 9.17) is 4.99 Å². The molecule has 1 aromatic rings. The molecule has 0 saturated heterocycles. The lowest BCUT2D eigenvalue weighted by molar-refractivity contribution is 0.970. The van der Waals surface area contributed by atoms with Crippen molar-refractivity contribution in [3.63, 3.8) is 0 Å². The van der Waals surface area contributed by atoms with Gasteiger partial charge in [-0.25, -0.2) is 4.99 Å². The topological polar surface area (TPSA) is 12.4 Å². The van der Waals surface area contributed by atoms with Crippen molar-refractivity contribution in [2.45, 2.75) is 12.8 Å². The SMILES string of the molecule is C1=CC2=C3N=c4ccccc4=C3C=C2CC1. The van der Waals surface area contributed by atoms with E-state index in [1.807, 2.05) is 0 Å². The Bertz CT molecular complexity index is 699. The summed E-state index contributed by atoms with van der Waals surface area (Å²) in [7, 11) is 0. The molecule has 0 saturated carbocycles. The maximum Gasteiger partial charge on any atom is 0.0791 e. The summed E-state index contributed by atoms with van der Waals surface area (Å²) in [4.78, 5) is 4.74. The third-order valence-electron chi connectivity index (χ3n) is 3.47. The molecule has 3 aliphatic rings. The summed E-state index contributed by atoms with van der Waals surface area (Å²) in [5.41, 5.74) is 5.32. The average molecular weight is 205 g/mol. The third kappa shape index (κ3) is 0.929. The number of benzene rings is 1. The lowest BCUT2D eigenvalue weighted by Crippen LogP contribution is -2.21. The summed E-state index contributed by atoms with van der Waals surface area (Å²) in [6, 6.07) is 8.40. The number of rotatable bonds is 0. The van der Waals surface area contributed by atoms with Gasteiger partial charge < -0.3 is 0 Å². The van der Waals surface area contributed by atoms with Crippen LogP contribution in [-0.2, 0) is 0 Å². The van der Waals surface area contributed by atoms with Crippen molar-refractivity contribution in [3.8, 4) is 0 Å². The minimum absolute atomic E-state index is 1.12. The summed E-state index contributed by atoms with van der Waals surface area (Å²) in [5, 5.41) is 2.41. The van der Waals surface area contributed by atoms with Crippen molar-refractivity contribution in [3.05, 3.63) is 69.9 Å². The number of allylic oxidation sites excluding steroid dienone is 5. The van der Waals surface area contributed by atoms with Crippen molar-refractivity contribution in [2.24, 2.45) is 4.99 Å². The summed E-state index contributed by atoms with van der Waals surface area (Å²) in [6.45, 7) is 0. The van der Waals surface area contributed by atoms with E-state index in [0.29, 0.717) is 0 Å². The minimum Gasteiger partial charge on any atom is -0.247 e. The molecule has 1 heterocycles. The fourth-order valence-corrected chi connectivity index (χ4v) is 2.70. The summed E-state index contributed by atoms with van der Waals surface area (Å²) >= 11 is 0. The third-order valence-corrected chi connectivity index (χ3v) is 3.47. The van der Waals surface area contributed by atoms with Crippen LogP contribution in [0.5, 0.6) is 0 Å². The fraction of sp³-hybridized carbons (Fsp3) is 0.133. The van der Waals surface area contributed by atoms with Gasteiger partial charge in [-0.1, -0.05) is 30.4 Å². The molecular formula is C15H11N. The molecule has 1 aliphatic heterocycles. The van der Waals surface area contributed by atoms with Crippen LogP contribution in [0.4, 0.5) is 0 Å². The van der Waals surface area contributed by atoms with Crippen LogP contribution in [0.25, 0.3) is 5.57 Å². The van der Waals surface area contributed by atoms with Gasteiger partial charge in [-0.05, 0) is 30.6 Å². The zero-order chi connectivity index (χ0) is 10.5. The van der Waals surface area contributed by atoms with Crippen LogP contribution in [0.1, 0.15) is 12.8 Å². The van der Waals surface area contributed by atoms with Gasteiger partial charge in [0.1, 0.15) is 0 Å². The van der Waals surface area contributed by atoms with Gasteiger partial charge >= 0.3 is 0 Å². The Morgan fingerprint density at radius 2 is 2.00 bits per heavy atom. The maximum atomic E-state index is 4.74. The molecule has 0 atom stereocenters. The first-order valence-corrected chi connectivity index (χ1v) is 5.74. The molecule has 0 aromatic heterocycles. The molecular weight excluding hydrogens is 194 g/mol. The highest BCUT2D eigenvalue weighted by Gasteiger charge is 2.24. The predicted molar refractivity (Wildman–Crippen MR) is 64.1 cm³/mol. The highest BCUT2D eigenvalue weighted by atomic mass is 14.8. The number of hydrogen-bond acceptors (Lipinski definition) is 1. The molecule has 0 radical (unpaired) electrons. The molecule has 16 heavy (non-hydrogen) atoms. The smallest absolute Gasteiger partial charge is 0.0791 e. The van der Waals surface area contributed by atoms with Gasteiger partial charge in [0.15, 0.2) is 0 Å². The molecule has 0 fully saturated rings.